The van der Waals surface area contributed by atoms with Gasteiger partial charge in [0.25, 0.3) is 5.69 Å². The van der Waals surface area contributed by atoms with Crippen LogP contribution in [0.4, 0.5) is 5.69 Å². The molecule has 0 saturated carbocycles. The predicted molar refractivity (Wildman–Crippen MR) is 79.8 cm³/mol. The molecule has 0 unspecified atom stereocenters. The maximum atomic E-state index is 11.1. The van der Waals surface area contributed by atoms with E-state index in [1.807, 2.05) is 24.9 Å². The number of non-ortho nitro benzene ring substituents is 1. The minimum absolute atomic E-state index is 0.0403. The lowest BCUT2D eigenvalue weighted by Gasteiger charge is -2.23. The first-order valence-electron chi connectivity index (χ1n) is 7.14. The van der Waals surface area contributed by atoms with Gasteiger partial charge in [0.1, 0.15) is 11.5 Å². The van der Waals surface area contributed by atoms with Crippen molar-refractivity contribution in [1.82, 2.24) is 10.1 Å². The number of hydrogen-bond acceptors (Lipinski definition) is 7. The molecule has 8 nitrogen and oxygen atoms in total. The maximum absolute atomic E-state index is 11.1. The van der Waals surface area contributed by atoms with Gasteiger partial charge in [-0.15, -0.1) is 0 Å². The highest BCUT2D eigenvalue weighted by molar-refractivity contribution is 5.50. The van der Waals surface area contributed by atoms with Crippen molar-refractivity contribution in [1.29, 1.82) is 0 Å². The third-order valence-electron chi connectivity index (χ3n) is 3.53. The van der Waals surface area contributed by atoms with Crippen LogP contribution in [0, 0.1) is 17.0 Å². The number of aromatic nitrogens is 1. The maximum Gasteiger partial charge on any atom is 0.270 e. The first kappa shape index (κ1) is 15.4. The summed E-state index contributed by atoms with van der Waals surface area (Å²) >= 11 is 0. The summed E-state index contributed by atoms with van der Waals surface area (Å²) in [5.74, 6) is 1.42. The number of ether oxygens (including phenoxy) is 2. The van der Waals surface area contributed by atoms with Gasteiger partial charge in [0.05, 0.1) is 17.2 Å². The number of nitro benzene ring substituents is 1. The quantitative estimate of drug-likeness (QED) is 0.617. The summed E-state index contributed by atoms with van der Waals surface area (Å²) in [6, 6.07) is 4.91. The third kappa shape index (κ3) is 3.49. The molecule has 0 atom stereocenters. The number of aryl methyl sites for hydroxylation is 1. The Hall–Kier alpha value is -2.45. The number of fused-ring (bicyclic) bond motifs is 1. The molecule has 1 aliphatic heterocycles. The Morgan fingerprint density at radius 1 is 1.35 bits per heavy atom. The highest BCUT2D eigenvalue weighted by atomic mass is 16.7. The topological polar surface area (TPSA) is 90.9 Å². The summed E-state index contributed by atoms with van der Waals surface area (Å²) < 4.78 is 15.8. The van der Waals surface area contributed by atoms with Crippen LogP contribution in [0.3, 0.4) is 0 Å². The zero-order chi connectivity index (χ0) is 16.4. The predicted octanol–water partition coefficient (Wildman–Crippen LogP) is 2.39. The van der Waals surface area contributed by atoms with Crippen LogP contribution in [0.1, 0.15) is 22.6 Å². The molecule has 3 rings (SSSR count). The lowest BCUT2D eigenvalue weighted by atomic mass is 10.1. The Balaban J connectivity index is 1.83. The first-order chi connectivity index (χ1) is 11.0. The molecule has 0 saturated heterocycles. The molecular formula is C15H17N3O5. The van der Waals surface area contributed by atoms with Crippen molar-refractivity contribution in [2.75, 3.05) is 13.8 Å². The van der Waals surface area contributed by atoms with E-state index in [1.165, 1.54) is 6.07 Å². The van der Waals surface area contributed by atoms with Crippen LogP contribution in [0.5, 0.6) is 5.75 Å². The molecule has 2 heterocycles. The molecule has 122 valence electrons. The minimum Gasteiger partial charge on any atom is -0.467 e. The van der Waals surface area contributed by atoms with Crippen LogP contribution in [0.2, 0.25) is 0 Å². The largest absolute Gasteiger partial charge is 0.467 e. The highest BCUT2D eigenvalue weighted by Gasteiger charge is 2.21. The first-order valence-corrected chi connectivity index (χ1v) is 7.14. The molecule has 1 aliphatic rings. The van der Waals surface area contributed by atoms with E-state index in [1.54, 1.807) is 6.07 Å². The smallest absolute Gasteiger partial charge is 0.270 e. The van der Waals surface area contributed by atoms with Crippen LogP contribution in [0.15, 0.2) is 22.7 Å². The fourth-order valence-electron chi connectivity index (χ4n) is 2.62. The van der Waals surface area contributed by atoms with Crippen molar-refractivity contribution in [2.45, 2.75) is 26.6 Å². The normalized spacial score (nSPS) is 13.7. The molecule has 1 aromatic carbocycles. The van der Waals surface area contributed by atoms with Crippen LogP contribution in [-0.2, 0) is 24.4 Å². The van der Waals surface area contributed by atoms with E-state index < -0.39 is 4.92 Å². The Bertz CT molecular complexity index is 728. The van der Waals surface area contributed by atoms with Crippen molar-refractivity contribution in [3.05, 3.63) is 50.9 Å². The molecule has 0 bridgehead atoms. The van der Waals surface area contributed by atoms with Crippen LogP contribution in [-0.4, -0.2) is 28.8 Å². The Labute approximate surface area is 132 Å². The second-order valence-electron chi connectivity index (χ2n) is 5.56. The average molecular weight is 319 g/mol. The highest BCUT2D eigenvalue weighted by Crippen LogP contribution is 2.33. The van der Waals surface area contributed by atoms with Gasteiger partial charge in [0.15, 0.2) is 6.79 Å². The Morgan fingerprint density at radius 2 is 2.17 bits per heavy atom. The van der Waals surface area contributed by atoms with Gasteiger partial charge in [-0.1, -0.05) is 5.16 Å². The van der Waals surface area contributed by atoms with Gasteiger partial charge >= 0.3 is 0 Å². The van der Waals surface area contributed by atoms with E-state index in [2.05, 4.69) is 5.16 Å². The number of benzene rings is 1. The number of nitrogens with zero attached hydrogens (tertiary/aromatic N) is 3. The molecule has 0 N–H and O–H groups in total. The molecule has 2 aromatic rings. The molecule has 23 heavy (non-hydrogen) atoms. The fraction of sp³-hybridized carbons (Fsp3) is 0.400. The summed E-state index contributed by atoms with van der Waals surface area (Å²) in [6.45, 7) is 3.38. The van der Waals surface area contributed by atoms with Gasteiger partial charge in [0.2, 0.25) is 0 Å². The van der Waals surface area contributed by atoms with E-state index in [9.17, 15) is 10.1 Å². The van der Waals surface area contributed by atoms with Crippen molar-refractivity contribution in [3.63, 3.8) is 0 Å². The second-order valence-corrected chi connectivity index (χ2v) is 5.56. The van der Waals surface area contributed by atoms with Gasteiger partial charge in [-0.05, 0) is 14.0 Å². The van der Waals surface area contributed by atoms with Crippen molar-refractivity contribution in [3.8, 4) is 5.75 Å². The minimum atomic E-state index is -0.403. The lowest BCUT2D eigenvalue weighted by Crippen LogP contribution is -2.20. The van der Waals surface area contributed by atoms with E-state index in [0.29, 0.717) is 31.0 Å². The monoisotopic (exact) mass is 319 g/mol. The van der Waals surface area contributed by atoms with Gasteiger partial charge in [-0.25, -0.2) is 0 Å². The van der Waals surface area contributed by atoms with Gasteiger partial charge in [0, 0.05) is 42.4 Å². The molecule has 0 fully saturated rings. The van der Waals surface area contributed by atoms with Crippen LogP contribution < -0.4 is 4.74 Å². The lowest BCUT2D eigenvalue weighted by molar-refractivity contribution is -0.385. The number of rotatable bonds is 5. The molecule has 0 spiro atoms. The molecule has 0 amide bonds. The zero-order valence-corrected chi connectivity index (χ0v) is 12.9. The van der Waals surface area contributed by atoms with Crippen molar-refractivity contribution >= 4 is 5.69 Å². The van der Waals surface area contributed by atoms with Gasteiger partial charge in [-0.2, -0.15) is 0 Å². The van der Waals surface area contributed by atoms with E-state index in [-0.39, 0.29) is 12.5 Å². The van der Waals surface area contributed by atoms with Crippen LogP contribution >= 0.6 is 0 Å². The molecule has 0 aliphatic carbocycles. The Morgan fingerprint density at radius 3 is 2.87 bits per heavy atom. The SMILES string of the molecule is Cc1cc(CN(C)Cc2cc([N+](=O)[O-])cc3c2OCOC3)no1. The number of hydrogen-bond donors (Lipinski definition) is 0. The van der Waals surface area contributed by atoms with Crippen LogP contribution in [0.25, 0.3) is 0 Å². The van der Waals surface area contributed by atoms with Gasteiger partial charge < -0.3 is 14.0 Å². The van der Waals surface area contributed by atoms with E-state index >= 15 is 0 Å². The zero-order valence-electron chi connectivity index (χ0n) is 12.9. The Kier molecular flexibility index (Phi) is 4.26. The average Bonchev–Trinajstić information content (AvgIpc) is 2.92. The molecule has 1 aromatic heterocycles. The standard InChI is InChI=1S/C15H17N3O5/c1-10-3-13(16-23-10)7-17(2)6-11-4-14(18(19)20)5-12-8-21-9-22-15(11)12/h3-5H,6-9H2,1-2H3. The molecule has 8 heteroatoms. The summed E-state index contributed by atoms with van der Waals surface area (Å²) in [4.78, 5) is 12.7. The van der Waals surface area contributed by atoms with Crippen molar-refractivity contribution < 1.29 is 18.9 Å². The van der Waals surface area contributed by atoms with Crippen molar-refractivity contribution in [2.24, 2.45) is 0 Å². The van der Waals surface area contributed by atoms with E-state index in [0.717, 1.165) is 17.0 Å². The summed E-state index contributed by atoms with van der Waals surface area (Å²) in [6.07, 6.45) is 0. The fourth-order valence-corrected chi connectivity index (χ4v) is 2.62. The molecule has 0 radical (unpaired) electrons. The summed E-state index contributed by atoms with van der Waals surface area (Å²) in [5.41, 5.74) is 2.32. The third-order valence-corrected chi connectivity index (χ3v) is 3.53. The second kappa shape index (κ2) is 6.35. The summed E-state index contributed by atoms with van der Waals surface area (Å²) in [5, 5.41) is 15.1. The molecular weight excluding hydrogens is 302 g/mol. The van der Waals surface area contributed by atoms with E-state index in [4.69, 9.17) is 14.0 Å². The van der Waals surface area contributed by atoms with Gasteiger partial charge in [-0.3, -0.25) is 15.0 Å². The summed E-state index contributed by atoms with van der Waals surface area (Å²) in [7, 11) is 1.91. The number of nitro groups is 1.